The number of amides is 1. The van der Waals surface area contributed by atoms with Gasteiger partial charge in [0, 0.05) is 17.0 Å². The molecule has 0 bridgehead atoms. The van der Waals surface area contributed by atoms with E-state index in [0.717, 1.165) is 26.2 Å². The van der Waals surface area contributed by atoms with Gasteiger partial charge in [-0.2, -0.15) is 0 Å². The fraction of sp³-hybridized carbons (Fsp3) is 0.174. The third-order valence-electron chi connectivity index (χ3n) is 4.81. The molecule has 2 aromatic carbocycles. The number of carbonyl (C=O) groups excluding carboxylic acids is 1. The number of carbonyl (C=O) groups is 1. The number of halogens is 1. The highest BCUT2D eigenvalue weighted by atomic mass is 35.5. The molecule has 5 nitrogen and oxygen atoms in total. The molecule has 0 aliphatic rings. The molecule has 4 rings (SSSR count). The summed E-state index contributed by atoms with van der Waals surface area (Å²) in [6, 6.07) is 19.5. The van der Waals surface area contributed by atoms with Crippen LogP contribution in [0.25, 0.3) is 10.2 Å². The van der Waals surface area contributed by atoms with Crippen LogP contribution in [-0.2, 0) is 6.54 Å². The second kappa shape index (κ2) is 8.81. The minimum atomic E-state index is -0.0936. The number of nitrogens with one attached hydrogen (secondary N) is 2. The molecule has 30 heavy (non-hydrogen) atoms. The van der Waals surface area contributed by atoms with E-state index < -0.39 is 0 Å². The maximum Gasteiger partial charge on any atom is 0.251 e. The quantitative estimate of drug-likeness (QED) is 0.377. The molecule has 0 aliphatic heterocycles. The lowest BCUT2D eigenvalue weighted by Crippen LogP contribution is -2.26. The Balaban J connectivity index is 1.41. The van der Waals surface area contributed by atoms with Gasteiger partial charge in [0.05, 0.1) is 11.4 Å². The molecule has 2 aromatic heterocycles. The van der Waals surface area contributed by atoms with E-state index in [1.54, 1.807) is 11.3 Å². The summed E-state index contributed by atoms with van der Waals surface area (Å²) in [5.41, 5.74) is 2.74. The third-order valence-corrected chi connectivity index (χ3v) is 5.93. The summed E-state index contributed by atoms with van der Waals surface area (Å²) >= 11 is 7.65. The van der Waals surface area contributed by atoms with E-state index >= 15 is 0 Å². The first-order valence-corrected chi connectivity index (χ1v) is 10.8. The summed E-state index contributed by atoms with van der Waals surface area (Å²) in [5, 5.41) is 7.56. The molecule has 4 aromatic rings. The normalized spacial score (nSPS) is 12.0. The van der Waals surface area contributed by atoms with Gasteiger partial charge in [-0.25, -0.2) is 9.97 Å². The predicted octanol–water partition coefficient (Wildman–Crippen LogP) is 5.76. The van der Waals surface area contributed by atoms with Gasteiger partial charge in [-0.1, -0.05) is 42.5 Å². The van der Waals surface area contributed by atoms with Crippen LogP contribution in [0.1, 0.15) is 39.3 Å². The summed E-state index contributed by atoms with van der Waals surface area (Å²) in [4.78, 5) is 23.2. The van der Waals surface area contributed by atoms with Crippen LogP contribution in [0.5, 0.6) is 0 Å². The number of fused-ring (bicyclic) bond motifs is 1. The van der Waals surface area contributed by atoms with Gasteiger partial charge in [0.2, 0.25) is 5.28 Å². The van der Waals surface area contributed by atoms with Crippen molar-refractivity contribution in [3.8, 4) is 0 Å². The molecule has 0 radical (unpaired) electrons. The number of aromatic nitrogens is 2. The van der Waals surface area contributed by atoms with Gasteiger partial charge in [0.25, 0.3) is 5.91 Å². The van der Waals surface area contributed by atoms with Crippen molar-refractivity contribution in [3.05, 3.63) is 87.5 Å². The number of hydrogen-bond donors (Lipinski definition) is 2. The summed E-state index contributed by atoms with van der Waals surface area (Å²) in [6.45, 7) is 4.58. The number of thiophene rings is 1. The smallest absolute Gasteiger partial charge is 0.251 e. The van der Waals surface area contributed by atoms with Gasteiger partial charge in [-0.05, 0) is 54.8 Å². The molecule has 7 heteroatoms. The highest BCUT2D eigenvalue weighted by Gasteiger charge is 2.12. The molecule has 0 fully saturated rings. The fourth-order valence-corrected chi connectivity index (χ4v) is 4.31. The molecule has 2 heterocycles. The lowest BCUT2D eigenvalue weighted by molar-refractivity contribution is 0.0940. The lowest BCUT2D eigenvalue weighted by atomic mass is 10.1. The Bertz CT molecular complexity index is 1180. The van der Waals surface area contributed by atoms with E-state index in [2.05, 4.69) is 26.7 Å². The SMILES string of the molecule is Cc1cc2c(NCc3ccc(C(=O)NC(C)c4ccccc4)cc3)nc(Cl)nc2s1. The van der Waals surface area contributed by atoms with Gasteiger partial charge in [-0.3, -0.25) is 4.79 Å². The van der Waals surface area contributed by atoms with Crippen molar-refractivity contribution in [1.82, 2.24) is 15.3 Å². The largest absolute Gasteiger partial charge is 0.365 e. The molecule has 152 valence electrons. The van der Waals surface area contributed by atoms with Crippen LogP contribution in [-0.4, -0.2) is 15.9 Å². The molecule has 1 unspecified atom stereocenters. The van der Waals surface area contributed by atoms with Gasteiger partial charge in [0.15, 0.2) is 0 Å². The summed E-state index contributed by atoms with van der Waals surface area (Å²) in [7, 11) is 0. The van der Waals surface area contributed by atoms with Crippen LogP contribution in [0.15, 0.2) is 60.7 Å². The van der Waals surface area contributed by atoms with E-state index in [-0.39, 0.29) is 17.2 Å². The van der Waals surface area contributed by atoms with Crippen LogP contribution in [0.4, 0.5) is 5.82 Å². The standard InChI is InChI=1S/C23H21ClN4OS/c1-14-12-19-20(27-23(24)28-22(19)30-14)25-13-16-8-10-18(11-9-16)21(29)26-15(2)17-6-4-3-5-7-17/h3-12,15H,13H2,1-2H3,(H,26,29)(H,25,27,28). The summed E-state index contributed by atoms with van der Waals surface area (Å²) in [6.07, 6.45) is 0. The molecule has 1 atom stereocenters. The second-order valence-corrected chi connectivity index (χ2v) is 8.65. The highest BCUT2D eigenvalue weighted by Crippen LogP contribution is 2.29. The number of aryl methyl sites for hydroxylation is 1. The average Bonchev–Trinajstić information content (AvgIpc) is 3.13. The first-order chi connectivity index (χ1) is 14.5. The van der Waals surface area contributed by atoms with Crippen molar-refractivity contribution >= 4 is 44.9 Å². The molecular formula is C23H21ClN4OS. The van der Waals surface area contributed by atoms with Crippen LogP contribution in [0, 0.1) is 6.92 Å². The van der Waals surface area contributed by atoms with Crippen molar-refractivity contribution in [3.63, 3.8) is 0 Å². The Morgan fingerprint density at radius 3 is 2.57 bits per heavy atom. The molecule has 0 saturated carbocycles. The van der Waals surface area contributed by atoms with E-state index in [0.29, 0.717) is 17.9 Å². The maximum atomic E-state index is 12.5. The Labute approximate surface area is 184 Å². The van der Waals surface area contributed by atoms with E-state index in [1.807, 2.05) is 68.4 Å². The minimum Gasteiger partial charge on any atom is -0.365 e. The zero-order valence-electron chi connectivity index (χ0n) is 16.6. The highest BCUT2D eigenvalue weighted by molar-refractivity contribution is 7.18. The van der Waals surface area contributed by atoms with Crippen molar-refractivity contribution in [1.29, 1.82) is 0 Å². The topological polar surface area (TPSA) is 66.9 Å². The monoisotopic (exact) mass is 436 g/mol. The van der Waals surface area contributed by atoms with Gasteiger partial charge >= 0.3 is 0 Å². The zero-order chi connectivity index (χ0) is 21.1. The Hall–Kier alpha value is -2.96. The maximum absolute atomic E-state index is 12.5. The van der Waals surface area contributed by atoms with Crippen molar-refractivity contribution in [2.24, 2.45) is 0 Å². The molecule has 0 spiro atoms. The minimum absolute atomic E-state index is 0.0565. The Kier molecular flexibility index (Phi) is 5.97. The average molecular weight is 437 g/mol. The first kappa shape index (κ1) is 20.3. The first-order valence-electron chi connectivity index (χ1n) is 9.62. The lowest BCUT2D eigenvalue weighted by Gasteiger charge is -2.14. The Morgan fingerprint density at radius 2 is 1.83 bits per heavy atom. The van der Waals surface area contributed by atoms with Crippen LogP contribution in [0.2, 0.25) is 5.28 Å². The summed E-state index contributed by atoms with van der Waals surface area (Å²) in [5.74, 6) is 0.622. The zero-order valence-corrected chi connectivity index (χ0v) is 18.2. The summed E-state index contributed by atoms with van der Waals surface area (Å²) < 4.78 is 0. The van der Waals surface area contributed by atoms with E-state index in [1.165, 1.54) is 0 Å². The number of rotatable bonds is 6. The molecule has 0 saturated heterocycles. The van der Waals surface area contributed by atoms with Gasteiger partial charge in [0.1, 0.15) is 10.6 Å². The van der Waals surface area contributed by atoms with Gasteiger partial charge < -0.3 is 10.6 Å². The number of anilines is 1. The second-order valence-electron chi connectivity index (χ2n) is 7.07. The van der Waals surface area contributed by atoms with Crippen LogP contribution >= 0.6 is 22.9 Å². The van der Waals surface area contributed by atoms with E-state index in [9.17, 15) is 4.79 Å². The van der Waals surface area contributed by atoms with Gasteiger partial charge in [-0.15, -0.1) is 11.3 Å². The van der Waals surface area contributed by atoms with Crippen LogP contribution in [0.3, 0.4) is 0 Å². The van der Waals surface area contributed by atoms with Crippen molar-refractivity contribution in [2.75, 3.05) is 5.32 Å². The molecule has 1 amide bonds. The van der Waals surface area contributed by atoms with Crippen molar-refractivity contribution < 1.29 is 4.79 Å². The van der Waals surface area contributed by atoms with E-state index in [4.69, 9.17) is 11.6 Å². The Morgan fingerprint density at radius 1 is 1.10 bits per heavy atom. The predicted molar refractivity (Wildman–Crippen MR) is 123 cm³/mol. The third kappa shape index (κ3) is 4.61. The van der Waals surface area contributed by atoms with Crippen molar-refractivity contribution in [2.45, 2.75) is 26.4 Å². The number of hydrogen-bond acceptors (Lipinski definition) is 5. The molecular weight excluding hydrogens is 416 g/mol. The molecule has 2 N–H and O–H groups in total. The van der Waals surface area contributed by atoms with Crippen LogP contribution < -0.4 is 10.6 Å². The molecule has 0 aliphatic carbocycles. The number of nitrogens with zero attached hydrogens (tertiary/aromatic N) is 2. The fourth-order valence-electron chi connectivity index (χ4n) is 3.22. The number of benzene rings is 2.